The van der Waals surface area contributed by atoms with Gasteiger partial charge in [-0.15, -0.1) is 0 Å². The fourth-order valence-corrected chi connectivity index (χ4v) is 3.90. The molecule has 6 nitrogen and oxygen atoms in total. The molecule has 31 heavy (non-hydrogen) atoms. The summed E-state index contributed by atoms with van der Waals surface area (Å²) in [5.41, 5.74) is 6.80. The average molecular weight is 452 g/mol. The number of nitrogens with two attached hydrogens (primary N) is 1. The van der Waals surface area contributed by atoms with Gasteiger partial charge >= 0.3 is 11.9 Å². The Kier molecular flexibility index (Phi) is 5.54. The number of benzene rings is 2. The molecule has 162 valence electrons. The van der Waals surface area contributed by atoms with Crippen molar-refractivity contribution in [2.45, 2.75) is 18.6 Å². The highest BCUT2D eigenvalue weighted by atomic mass is 32.1. The van der Waals surface area contributed by atoms with Crippen LogP contribution in [0, 0.1) is 5.82 Å². The number of aromatic amines is 1. The summed E-state index contributed by atoms with van der Waals surface area (Å²) in [5, 5.41) is 3.56. The monoisotopic (exact) mass is 452 g/mol. The highest BCUT2D eigenvalue weighted by Crippen LogP contribution is 2.33. The number of aromatic nitrogens is 2. The van der Waals surface area contributed by atoms with Crippen LogP contribution in [0.25, 0.3) is 21.5 Å². The molecule has 0 saturated carbocycles. The molecular formula is C20H16F4N4O2S. The Morgan fingerprint density at radius 3 is 2.68 bits per heavy atom. The third kappa shape index (κ3) is 4.78. The highest BCUT2D eigenvalue weighted by Gasteiger charge is 2.29. The van der Waals surface area contributed by atoms with Crippen LogP contribution in [0.5, 0.6) is 0 Å². The Hall–Kier alpha value is -3.18. The van der Waals surface area contributed by atoms with Crippen molar-refractivity contribution in [3.63, 3.8) is 0 Å². The number of hydrogen-bond donors (Lipinski definition) is 3. The zero-order chi connectivity index (χ0) is 22.2. The summed E-state index contributed by atoms with van der Waals surface area (Å²) in [7, 11) is 0. The van der Waals surface area contributed by atoms with E-state index in [2.05, 4.69) is 15.3 Å². The lowest BCUT2D eigenvalue weighted by atomic mass is 10.0. The number of nitrogens with one attached hydrogen (secondary N) is 2. The van der Waals surface area contributed by atoms with Crippen molar-refractivity contribution in [1.82, 2.24) is 9.97 Å². The number of nitrogens with zero attached hydrogens (tertiary/aromatic N) is 1. The summed E-state index contributed by atoms with van der Waals surface area (Å²) in [6, 6.07) is 7.11. The largest absolute Gasteiger partial charge is 0.417 e. The zero-order valence-corrected chi connectivity index (χ0v) is 16.6. The lowest BCUT2D eigenvalue weighted by Gasteiger charge is -2.13. The van der Waals surface area contributed by atoms with Crippen molar-refractivity contribution in [1.29, 1.82) is 0 Å². The summed E-state index contributed by atoms with van der Waals surface area (Å²) >= 11 is 1.20. The molecule has 0 radical (unpaired) electrons. The Labute approximate surface area is 176 Å². The van der Waals surface area contributed by atoms with Crippen molar-refractivity contribution in [3.8, 4) is 10.4 Å². The predicted octanol–water partition coefficient (Wildman–Crippen LogP) is 4.38. The minimum absolute atomic E-state index is 0.239. The van der Waals surface area contributed by atoms with E-state index < -0.39 is 23.3 Å². The molecule has 4 N–H and O–H groups in total. The van der Waals surface area contributed by atoms with Gasteiger partial charge in [0.2, 0.25) is 0 Å². The third-order valence-electron chi connectivity index (χ3n) is 4.57. The molecule has 0 unspecified atom stereocenters. The van der Waals surface area contributed by atoms with E-state index in [-0.39, 0.29) is 22.7 Å². The minimum atomic E-state index is -4.37. The number of anilines is 1. The van der Waals surface area contributed by atoms with Crippen molar-refractivity contribution in [3.05, 3.63) is 70.1 Å². The quantitative estimate of drug-likeness (QED) is 0.377. The van der Waals surface area contributed by atoms with Crippen LogP contribution in [0.2, 0.25) is 0 Å². The maximum atomic E-state index is 14.4. The lowest BCUT2D eigenvalue weighted by molar-refractivity contribution is -0.137. The zero-order valence-electron chi connectivity index (χ0n) is 15.8. The SMILES string of the molecule is N[C@H](CNc1ncc(-c2cc3oc(=O)[nH]c3cc2F)s1)Cc1ccc(C(F)(F)F)cc1. The molecule has 4 rings (SSSR count). The summed E-state index contributed by atoms with van der Waals surface area (Å²) in [4.78, 5) is 18.4. The molecule has 11 heteroatoms. The van der Waals surface area contributed by atoms with Gasteiger partial charge in [0.15, 0.2) is 10.7 Å². The van der Waals surface area contributed by atoms with Crippen LogP contribution in [0.15, 0.2) is 51.8 Å². The van der Waals surface area contributed by atoms with Gasteiger partial charge < -0.3 is 15.5 Å². The minimum Gasteiger partial charge on any atom is -0.408 e. The molecule has 0 spiro atoms. The van der Waals surface area contributed by atoms with Gasteiger partial charge in [0.05, 0.1) is 16.0 Å². The molecule has 0 aliphatic rings. The van der Waals surface area contributed by atoms with Gasteiger partial charge in [-0.2, -0.15) is 13.2 Å². The normalized spacial score (nSPS) is 12.9. The fourth-order valence-electron chi connectivity index (χ4n) is 3.06. The van der Waals surface area contributed by atoms with E-state index in [0.29, 0.717) is 28.5 Å². The topological polar surface area (TPSA) is 96.9 Å². The molecule has 0 saturated heterocycles. The van der Waals surface area contributed by atoms with Crippen LogP contribution in [0.3, 0.4) is 0 Å². The Morgan fingerprint density at radius 2 is 1.97 bits per heavy atom. The highest BCUT2D eigenvalue weighted by molar-refractivity contribution is 7.18. The summed E-state index contributed by atoms with van der Waals surface area (Å²) in [5.74, 6) is -1.20. The standard InChI is InChI=1S/C20H16F4N4O2S/c21-14-7-15-16(30-19(29)28-15)6-13(14)17-9-27-18(31-17)26-8-12(25)5-10-1-3-11(4-2-10)20(22,23)24/h1-4,6-7,9,12H,5,8,25H2,(H,26,27)(H,28,29)/t12-/m0/s1. The average Bonchev–Trinajstić information content (AvgIpc) is 3.30. The molecular weight excluding hydrogens is 436 g/mol. The van der Waals surface area contributed by atoms with Gasteiger partial charge in [-0.25, -0.2) is 14.2 Å². The predicted molar refractivity (Wildman–Crippen MR) is 110 cm³/mol. The number of alkyl halides is 3. The van der Waals surface area contributed by atoms with Crippen molar-refractivity contribution in [2.24, 2.45) is 5.73 Å². The van der Waals surface area contributed by atoms with Crippen LogP contribution in [0.4, 0.5) is 22.7 Å². The van der Waals surface area contributed by atoms with Gasteiger partial charge in [0.25, 0.3) is 0 Å². The van der Waals surface area contributed by atoms with Gasteiger partial charge in [-0.3, -0.25) is 4.98 Å². The number of H-pyrrole nitrogens is 1. The van der Waals surface area contributed by atoms with E-state index >= 15 is 0 Å². The van der Waals surface area contributed by atoms with E-state index in [1.165, 1.54) is 41.8 Å². The van der Waals surface area contributed by atoms with Gasteiger partial charge in [-0.1, -0.05) is 23.5 Å². The smallest absolute Gasteiger partial charge is 0.408 e. The first-order valence-electron chi connectivity index (χ1n) is 9.13. The van der Waals surface area contributed by atoms with Crippen LogP contribution in [0.1, 0.15) is 11.1 Å². The first-order valence-corrected chi connectivity index (χ1v) is 9.95. The Morgan fingerprint density at radius 1 is 1.23 bits per heavy atom. The molecule has 2 heterocycles. The van der Waals surface area contributed by atoms with E-state index in [1.54, 1.807) is 0 Å². The molecule has 2 aromatic carbocycles. The van der Waals surface area contributed by atoms with Gasteiger partial charge in [0, 0.05) is 30.4 Å². The second kappa shape index (κ2) is 8.16. The number of halogens is 4. The first-order chi connectivity index (χ1) is 14.7. The van der Waals surface area contributed by atoms with Crippen molar-refractivity contribution >= 4 is 27.6 Å². The number of thiazole rings is 1. The lowest BCUT2D eigenvalue weighted by Crippen LogP contribution is -2.31. The maximum absolute atomic E-state index is 14.4. The summed E-state index contributed by atoms with van der Waals surface area (Å²) in [6.45, 7) is 0.322. The van der Waals surface area contributed by atoms with E-state index in [1.807, 2.05) is 0 Å². The van der Waals surface area contributed by atoms with E-state index in [9.17, 15) is 22.4 Å². The number of oxazole rings is 1. The molecule has 2 aromatic heterocycles. The van der Waals surface area contributed by atoms with E-state index in [0.717, 1.165) is 12.1 Å². The third-order valence-corrected chi connectivity index (χ3v) is 5.56. The number of hydrogen-bond acceptors (Lipinski definition) is 6. The summed E-state index contributed by atoms with van der Waals surface area (Å²) in [6.07, 6.45) is -2.51. The summed E-state index contributed by atoms with van der Waals surface area (Å²) < 4.78 is 57.3. The second-order valence-electron chi connectivity index (χ2n) is 6.91. The Balaban J connectivity index is 1.39. The van der Waals surface area contributed by atoms with Gasteiger partial charge in [-0.05, 0) is 30.2 Å². The molecule has 4 aromatic rings. The second-order valence-corrected chi connectivity index (χ2v) is 7.94. The molecule has 0 aliphatic heterocycles. The first kappa shape index (κ1) is 21.1. The molecule has 0 bridgehead atoms. The van der Waals surface area contributed by atoms with Crippen LogP contribution in [-0.2, 0) is 12.6 Å². The number of fused-ring (bicyclic) bond motifs is 1. The van der Waals surface area contributed by atoms with Crippen LogP contribution in [-0.4, -0.2) is 22.6 Å². The molecule has 0 fully saturated rings. The molecule has 0 aliphatic carbocycles. The fraction of sp³-hybridized carbons (Fsp3) is 0.200. The molecule has 1 atom stereocenters. The number of rotatable bonds is 6. The Bertz CT molecular complexity index is 1260. The van der Waals surface area contributed by atoms with Crippen molar-refractivity contribution in [2.75, 3.05) is 11.9 Å². The van der Waals surface area contributed by atoms with Crippen molar-refractivity contribution < 1.29 is 22.0 Å². The molecule has 0 amide bonds. The van der Waals surface area contributed by atoms with Crippen LogP contribution >= 0.6 is 11.3 Å². The maximum Gasteiger partial charge on any atom is 0.417 e. The van der Waals surface area contributed by atoms with E-state index in [4.69, 9.17) is 10.2 Å². The van der Waals surface area contributed by atoms with Gasteiger partial charge in [0.1, 0.15) is 5.82 Å². The van der Waals surface area contributed by atoms with Crippen LogP contribution < -0.4 is 16.8 Å².